The van der Waals surface area contributed by atoms with Crippen LogP contribution in [0.3, 0.4) is 0 Å². The standard InChI is InChI=1S/C12H15ClN2O/c1-2-3-6-15-11(8-14)10-7-9(13)4-5-12(10)16/h4-5,7,11,15-16H,2-3,6H2,1H3. The molecule has 86 valence electrons. The molecule has 3 nitrogen and oxygen atoms in total. The average molecular weight is 239 g/mol. The molecule has 2 N–H and O–H groups in total. The molecule has 0 aliphatic carbocycles. The first-order valence-electron chi connectivity index (χ1n) is 5.30. The zero-order valence-electron chi connectivity index (χ0n) is 9.20. The van der Waals surface area contributed by atoms with Gasteiger partial charge in [-0.1, -0.05) is 24.9 Å². The number of nitrogens with one attached hydrogen (secondary N) is 1. The number of rotatable bonds is 5. The first-order valence-corrected chi connectivity index (χ1v) is 5.68. The number of phenols is 1. The zero-order valence-corrected chi connectivity index (χ0v) is 9.96. The normalized spacial score (nSPS) is 12.1. The molecule has 1 unspecified atom stereocenters. The van der Waals surface area contributed by atoms with Crippen molar-refractivity contribution >= 4 is 11.6 Å². The Hall–Kier alpha value is -1.24. The number of nitrogens with zero attached hydrogens (tertiary/aromatic N) is 1. The van der Waals surface area contributed by atoms with E-state index in [-0.39, 0.29) is 5.75 Å². The Bertz CT molecular complexity index is 387. The molecule has 0 spiro atoms. The van der Waals surface area contributed by atoms with E-state index in [1.807, 2.05) is 0 Å². The van der Waals surface area contributed by atoms with Gasteiger partial charge in [0, 0.05) is 10.6 Å². The molecule has 1 aromatic carbocycles. The number of unbranched alkanes of at least 4 members (excludes halogenated alkanes) is 1. The second-order valence-electron chi connectivity index (χ2n) is 3.57. The van der Waals surface area contributed by atoms with Gasteiger partial charge in [0.2, 0.25) is 0 Å². The number of hydrogen-bond donors (Lipinski definition) is 2. The van der Waals surface area contributed by atoms with E-state index in [0.29, 0.717) is 10.6 Å². The van der Waals surface area contributed by atoms with Crippen LogP contribution in [0.25, 0.3) is 0 Å². The lowest BCUT2D eigenvalue weighted by molar-refractivity contribution is 0.459. The maximum absolute atomic E-state index is 9.64. The fourth-order valence-corrected chi connectivity index (χ4v) is 1.59. The molecule has 0 saturated carbocycles. The lowest BCUT2D eigenvalue weighted by atomic mass is 10.1. The van der Waals surface area contributed by atoms with E-state index in [9.17, 15) is 5.11 Å². The van der Waals surface area contributed by atoms with Gasteiger partial charge in [-0.05, 0) is 31.2 Å². The second kappa shape index (κ2) is 6.37. The largest absolute Gasteiger partial charge is 0.508 e. The van der Waals surface area contributed by atoms with Crippen LogP contribution in [0.1, 0.15) is 31.4 Å². The van der Waals surface area contributed by atoms with Crippen LogP contribution in [0.2, 0.25) is 5.02 Å². The monoisotopic (exact) mass is 238 g/mol. The quantitative estimate of drug-likeness (QED) is 0.776. The van der Waals surface area contributed by atoms with Crippen molar-refractivity contribution in [2.75, 3.05) is 6.54 Å². The van der Waals surface area contributed by atoms with Crippen molar-refractivity contribution in [1.29, 1.82) is 5.26 Å². The van der Waals surface area contributed by atoms with E-state index in [1.165, 1.54) is 6.07 Å². The van der Waals surface area contributed by atoms with Gasteiger partial charge >= 0.3 is 0 Å². The van der Waals surface area contributed by atoms with E-state index in [0.717, 1.165) is 19.4 Å². The third-order valence-corrected chi connectivity index (χ3v) is 2.54. The van der Waals surface area contributed by atoms with Gasteiger partial charge in [-0.3, -0.25) is 5.32 Å². The number of benzene rings is 1. The first-order chi connectivity index (χ1) is 7.69. The topological polar surface area (TPSA) is 56.0 Å². The molecule has 16 heavy (non-hydrogen) atoms. The number of hydrogen-bond acceptors (Lipinski definition) is 3. The van der Waals surface area contributed by atoms with Crippen molar-refractivity contribution in [3.05, 3.63) is 28.8 Å². The minimum Gasteiger partial charge on any atom is -0.508 e. The zero-order chi connectivity index (χ0) is 12.0. The Kier molecular flexibility index (Phi) is 5.10. The van der Waals surface area contributed by atoms with Crippen LogP contribution >= 0.6 is 11.6 Å². The van der Waals surface area contributed by atoms with Gasteiger partial charge in [0.05, 0.1) is 6.07 Å². The van der Waals surface area contributed by atoms with Crippen molar-refractivity contribution in [3.63, 3.8) is 0 Å². The highest BCUT2D eigenvalue weighted by atomic mass is 35.5. The van der Waals surface area contributed by atoms with E-state index in [1.54, 1.807) is 12.1 Å². The molecule has 1 atom stereocenters. The highest BCUT2D eigenvalue weighted by Crippen LogP contribution is 2.26. The summed E-state index contributed by atoms with van der Waals surface area (Å²) >= 11 is 5.83. The molecule has 0 radical (unpaired) electrons. The van der Waals surface area contributed by atoms with E-state index in [4.69, 9.17) is 16.9 Å². The van der Waals surface area contributed by atoms with Gasteiger partial charge in [-0.2, -0.15) is 5.26 Å². The molecule has 1 rings (SSSR count). The molecular formula is C12H15ClN2O. The molecule has 1 aromatic rings. The summed E-state index contributed by atoms with van der Waals surface area (Å²) in [6.45, 7) is 2.83. The van der Waals surface area contributed by atoms with Crippen LogP contribution in [-0.2, 0) is 0 Å². The summed E-state index contributed by atoms with van der Waals surface area (Å²) in [4.78, 5) is 0. The fraction of sp³-hybridized carbons (Fsp3) is 0.417. The van der Waals surface area contributed by atoms with Gasteiger partial charge in [0.1, 0.15) is 11.8 Å². The van der Waals surface area contributed by atoms with Gasteiger partial charge in [0.25, 0.3) is 0 Å². The van der Waals surface area contributed by atoms with Crippen molar-refractivity contribution in [2.24, 2.45) is 0 Å². The third-order valence-electron chi connectivity index (χ3n) is 2.31. The number of nitriles is 1. The molecular weight excluding hydrogens is 224 g/mol. The molecule has 0 bridgehead atoms. The highest BCUT2D eigenvalue weighted by Gasteiger charge is 2.14. The van der Waals surface area contributed by atoms with E-state index in [2.05, 4.69) is 18.3 Å². The van der Waals surface area contributed by atoms with E-state index < -0.39 is 6.04 Å². The number of halogens is 1. The Morgan fingerprint density at radius 1 is 1.56 bits per heavy atom. The maximum atomic E-state index is 9.64. The summed E-state index contributed by atoms with van der Waals surface area (Å²) in [5.74, 6) is 0.0972. The van der Waals surface area contributed by atoms with Gasteiger partial charge in [0.15, 0.2) is 0 Å². The molecule has 0 aliphatic rings. The smallest absolute Gasteiger partial charge is 0.124 e. The Balaban J connectivity index is 2.79. The van der Waals surface area contributed by atoms with E-state index >= 15 is 0 Å². The molecule has 0 saturated heterocycles. The Morgan fingerprint density at radius 3 is 2.94 bits per heavy atom. The molecule has 0 fully saturated rings. The SMILES string of the molecule is CCCCNC(C#N)c1cc(Cl)ccc1O. The number of phenolic OH excluding ortho intramolecular Hbond substituents is 1. The Morgan fingerprint density at radius 2 is 2.31 bits per heavy atom. The average Bonchev–Trinajstić information content (AvgIpc) is 2.28. The fourth-order valence-electron chi connectivity index (χ4n) is 1.40. The maximum Gasteiger partial charge on any atom is 0.124 e. The molecule has 0 aromatic heterocycles. The van der Waals surface area contributed by atoms with Crippen molar-refractivity contribution < 1.29 is 5.11 Å². The van der Waals surface area contributed by atoms with Crippen LogP contribution in [0.5, 0.6) is 5.75 Å². The highest BCUT2D eigenvalue weighted by molar-refractivity contribution is 6.30. The van der Waals surface area contributed by atoms with Crippen LogP contribution in [0.4, 0.5) is 0 Å². The summed E-state index contributed by atoms with van der Waals surface area (Å²) < 4.78 is 0. The second-order valence-corrected chi connectivity index (χ2v) is 4.01. The van der Waals surface area contributed by atoms with Crippen LogP contribution in [-0.4, -0.2) is 11.7 Å². The van der Waals surface area contributed by atoms with Crippen LogP contribution in [0.15, 0.2) is 18.2 Å². The minimum atomic E-state index is -0.509. The molecule has 0 amide bonds. The molecule has 0 heterocycles. The lowest BCUT2D eigenvalue weighted by Crippen LogP contribution is -2.21. The molecule has 0 aliphatic heterocycles. The lowest BCUT2D eigenvalue weighted by Gasteiger charge is -2.13. The summed E-state index contributed by atoms with van der Waals surface area (Å²) in [5, 5.41) is 22.3. The summed E-state index contributed by atoms with van der Waals surface area (Å²) in [5.41, 5.74) is 0.533. The predicted molar refractivity (Wildman–Crippen MR) is 64.4 cm³/mol. The predicted octanol–water partition coefficient (Wildman–Crippen LogP) is 3.00. The van der Waals surface area contributed by atoms with Gasteiger partial charge in [-0.25, -0.2) is 0 Å². The summed E-state index contributed by atoms with van der Waals surface area (Å²) in [6.07, 6.45) is 2.06. The third kappa shape index (κ3) is 3.41. The van der Waals surface area contributed by atoms with Crippen LogP contribution < -0.4 is 5.32 Å². The summed E-state index contributed by atoms with van der Waals surface area (Å²) in [7, 11) is 0. The number of aromatic hydroxyl groups is 1. The minimum absolute atomic E-state index is 0.0972. The summed E-state index contributed by atoms with van der Waals surface area (Å²) in [6, 6.07) is 6.32. The van der Waals surface area contributed by atoms with Crippen LogP contribution in [0, 0.1) is 11.3 Å². The van der Waals surface area contributed by atoms with Gasteiger partial charge < -0.3 is 5.11 Å². The molecule has 4 heteroatoms. The Labute approximate surface area is 101 Å². The van der Waals surface area contributed by atoms with Crippen molar-refractivity contribution in [2.45, 2.75) is 25.8 Å². The van der Waals surface area contributed by atoms with Gasteiger partial charge in [-0.15, -0.1) is 0 Å². The van der Waals surface area contributed by atoms with Crippen molar-refractivity contribution in [3.8, 4) is 11.8 Å². The van der Waals surface area contributed by atoms with Crippen molar-refractivity contribution in [1.82, 2.24) is 5.32 Å². The first kappa shape index (κ1) is 12.8.